The molecule has 3 rings (SSSR count). The van der Waals surface area contributed by atoms with Gasteiger partial charge in [-0.15, -0.1) is 0 Å². The van der Waals surface area contributed by atoms with Gasteiger partial charge in [-0.3, -0.25) is 4.98 Å². The van der Waals surface area contributed by atoms with Gasteiger partial charge >= 0.3 is 0 Å². The Labute approximate surface area is 129 Å². The third-order valence-corrected chi connectivity index (χ3v) is 5.48. The van der Waals surface area contributed by atoms with Crippen LogP contribution < -0.4 is 5.32 Å². The van der Waals surface area contributed by atoms with E-state index in [0.29, 0.717) is 18.1 Å². The first-order valence-electron chi connectivity index (χ1n) is 8.55. The Kier molecular flexibility index (Phi) is 4.60. The Balaban J connectivity index is 1.68. The van der Waals surface area contributed by atoms with E-state index in [1.807, 2.05) is 12.4 Å². The molecule has 0 aromatic carbocycles. The molecule has 1 aromatic heterocycles. The average molecular weight is 287 g/mol. The van der Waals surface area contributed by atoms with E-state index in [1.165, 1.54) is 37.9 Å². The standard InChI is InChI=1S/C18H29N3/c1-13(2)21-11-16-5-4-6-17(12-21)18(16)20-14(3)15-7-9-19-10-8-15/h7-10,13-14,16-18,20H,4-6,11-12H2,1-3H3. The molecule has 1 saturated carbocycles. The van der Waals surface area contributed by atoms with E-state index < -0.39 is 0 Å². The second-order valence-electron chi connectivity index (χ2n) is 7.19. The molecule has 3 heteroatoms. The first kappa shape index (κ1) is 15.0. The van der Waals surface area contributed by atoms with Gasteiger partial charge in [-0.1, -0.05) is 6.42 Å². The highest BCUT2D eigenvalue weighted by Gasteiger charge is 2.40. The molecule has 2 aliphatic rings. The number of fused-ring (bicyclic) bond motifs is 2. The van der Waals surface area contributed by atoms with E-state index in [2.05, 4.69) is 48.1 Å². The summed E-state index contributed by atoms with van der Waals surface area (Å²) in [4.78, 5) is 6.81. The van der Waals surface area contributed by atoms with Gasteiger partial charge < -0.3 is 10.2 Å². The maximum Gasteiger partial charge on any atom is 0.0295 e. The summed E-state index contributed by atoms with van der Waals surface area (Å²) in [6.45, 7) is 9.51. The lowest BCUT2D eigenvalue weighted by Gasteiger charge is -2.49. The summed E-state index contributed by atoms with van der Waals surface area (Å²) in [5.74, 6) is 1.65. The summed E-state index contributed by atoms with van der Waals surface area (Å²) in [5.41, 5.74) is 1.36. The molecule has 2 heterocycles. The summed E-state index contributed by atoms with van der Waals surface area (Å²) in [6, 6.07) is 6.07. The van der Waals surface area contributed by atoms with Crippen molar-refractivity contribution in [1.29, 1.82) is 0 Å². The van der Waals surface area contributed by atoms with E-state index in [-0.39, 0.29) is 0 Å². The minimum atomic E-state index is 0.423. The van der Waals surface area contributed by atoms with Crippen molar-refractivity contribution in [3.8, 4) is 0 Å². The number of rotatable bonds is 4. The number of hydrogen-bond acceptors (Lipinski definition) is 3. The van der Waals surface area contributed by atoms with E-state index in [4.69, 9.17) is 0 Å². The van der Waals surface area contributed by atoms with E-state index in [0.717, 1.165) is 11.8 Å². The van der Waals surface area contributed by atoms with Gasteiger partial charge in [0.1, 0.15) is 0 Å². The molecule has 2 fully saturated rings. The molecular formula is C18H29N3. The summed E-state index contributed by atoms with van der Waals surface area (Å²) in [7, 11) is 0. The van der Waals surface area contributed by atoms with E-state index in [1.54, 1.807) is 0 Å². The minimum absolute atomic E-state index is 0.423. The predicted octanol–water partition coefficient (Wildman–Crippen LogP) is 3.24. The molecule has 3 atom stereocenters. The molecular weight excluding hydrogens is 258 g/mol. The van der Waals surface area contributed by atoms with Crippen LogP contribution in [0.4, 0.5) is 0 Å². The van der Waals surface area contributed by atoms with Crippen LogP contribution in [0.2, 0.25) is 0 Å². The van der Waals surface area contributed by atoms with Crippen LogP contribution in [0.25, 0.3) is 0 Å². The second kappa shape index (κ2) is 6.45. The van der Waals surface area contributed by atoms with Gasteiger partial charge in [0.2, 0.25) is 0 Å². The quantitative estimate of drug-likeness (QED) is 0.921. The highest BCUT2D eigenvalue weighted by Crippen LogP contribution is 2.36. The van der Waals surface area contributed by atoms with Gasteiger partial charge in [-0.2, -0.15) is 0 Å². The Morgan fingerprint density at radius 2 is 1.71 bits per heavy atom. The first-order valence-corrected chi connectivity index (χ1v) is 8.55. The summed E-state index contributed by atoms with van der Waals surface area (Å²) in [5, 5.41) is 3.94. The Morgan fingerprint density at radius 1 is 1.10 bits per heavy atom. The van der Waals surface area contributed by atoms with Gasteiger partial charge in [-0.05, 0) is 63.1 Å². The van der Waals surface area contributed by atoms with Crippen molar-refractivity contribution in [3.63, 3.8) is 0 Å². The number of nitrogens with one attached hydrogen (secondary N) is 1. The normalized spacial score (nSPS) is 31.3. The minimum Gasteiger partial charge on any atom is -0.307 e. The molecule has 1 aliphatic carbocycles. The van der Waals surface area contributed by atoms with Gasteiger partial charge in [0.05, 0.1) is 0 Å². The highest BCUT2D eigenvalue weighted by molar-refractivity contribution is 5.14. The van der Waals surface area contributed by atoms with Crippen molar-refractivity contribution < 1.29 is 0 Å². The van der Waals surface area contributed by atoms with Crippen LogP contribution >= 0.6 is 0 Å². The maximum atomic E-state index is 4.13. The number of likely N-dealkylation sites (tertiary alicyclic amines) is 1. The van der Waals surface area contributed by atoms with Crippen molar-refractivity contribution >= 4 is 0 Å². The monoisotopic (exact) mass is 287 g/mol. The lowest BCUT2D eigenvalue weighted by molar-refractivity contribution is 0.0257. The number of piperidine rings is 1. The number of pyridine rings is 1. The zero-order valence-corrected chi connectivity index (χ0v) is 13.6. The Bertz CT molecular complexity index is 431. The maximum absolute atomic E-state index is 4.13. The molecule has 116 valence electrons. The Morgan fingerprint density at radius 3 is 2.29 bits per heavy atom. The number of aromatic nitrogens is 1. The molecule has 3 nitrogen and oxygen atoms in total. The molecule has 1 aliphatic heterocycles. The van der Waals surface area contributed by atoms with Gasteiger partial charge in [0, 0.05) is 43.6 Å². The molecule has 1 N–H and O–H groups in total. The molecule has 0 amide bonds. The van der Waals surface area contributed by atoms with E-state index >= 15 is 0 Å². The average Bonchev–Trinajstić information content (AvgIpc) is 2.47. The van der Waals surface area contributed by atoms with Crippen molar-refractivity contribution in [2.24, 2.45) is 11.8 Å². The molecule has 1 saturated heterocycles. The summed E-state index contributed by atoms with van der Waals surface area (Å²) < 4.78 is 0. The fourth-order valence-corrected chi connectivity index (χ4v) is 4.20. The molecule has 0 radical (unpaired) electrons. The third-order valence-electron chi connectivity index (χ3n) is 5.48. The zero-order chi connectivity index (χ0) is 14.8. The van der Waals surface area contributed by atoms with Crippen LogP contribution in [-0.4, -0.2) is 35.1 Å². The largest absolute Gasteiger partial charge is 0.307 e. The molecule has 0 spiro atoms. The lowest BCUT2D eigenvalue weighted by Crippen LogP contribution is -2.58. The first-order chi connectivity index (χ1) is 10.1. The van der Waals surface area contributed by atoms with Crippen molar-refractivity contribution in [2.45, 2.75) is 58.2 Å². The predicted molar refractivity (Wildman–Crippen MR) is 87.1 cm³/mol. The third kappa shape index (κ3) is 3.29. The van der Waals surface area contributed by atoms with Crippen LogP contribution in [0, 0.1) is 11.8 Å². The summed E-state index contributed by atoms with van der Waals surface area (Å²) >= 11 is 0. The molecule has 3 unspecified atom stereocenters. The number of nitrogens with zero attached hydrogens (tertiary/aromatic N) is 2. The van der Waals surface area contributed by atoms with Crippen LogP contribution in [0.1, 0.15) is 51.6 Å². The van der Waals surface area contributed by atoms with Crippen LogP contribution in [-0.2, 0) is 0 Å². The molecule has 2 bridgehead atoms. The van der Waals surface area contributed by atoms with Gasteiger partial charge in [-0.25, -0.2) is 0 Å². The highest BCUT2D eigenvalue weighted by atomic mass is 15.2. The number of hydrogen-bond donors (Lipinski definition) is 1. The topological polar surface area (TPSA) is 28.2 Å². The van der Waals surface area contributed by atoms with E-state index in [9.17, 15) is 0 Å². The van der Waals surface area contributed by atoms with Crippen molar-refractivity contribution in [2.75, 3.05) is 13.1 Å². The van der Waals surface area contributed by atoms with Crippen LogP contribution in [0.5, 0.6) is 0 Å². The van der Waals surface area contributed by atoms with Crippen molar-refractivity contribution in [1.82, 2.24) is 15.2 Å². The second-order valence-corrected chi connectivity index (χ2v) is 7.19. The van der Waals surface area contributed by atoms with Crippen LogP contribution in [0.15, 0.2) is 24.5 Å². The zero-order valence-electron chi connectivity index (χ0n) is 13.6. The fourth-order valence-electron chi connectivity index (χ4n) is 4.20. The van der Waals surface area contributed by atoms with Gasteiger partial charge in [0.15, 0.2) is 0 Å². The fraction of sp³-hybridized carbons (Fsp3) is 0.722. The van der Waals surface area contributed by atoms with Gasteiger partial charge in [0.25, 0.3) is 0 Å². The Hall–Kier alpha value is -0.930. The SMILES string of the molecule is CC(NC1C2CCCC1CN(C(C)C)C2)c1ccncc1. The smallest absolute Gasteiger partial charge is 0.0295 e. The molecule has 1 aromatic rings. The summed E-state index contributed by atoms with van der Waals surface area (Å²) in [6.07, 6.45) is 8.00. The lowest BCUT2D eigenvalue weighted by atomic mass is 9.73. The van der Waals surface area contributed by atoms with Crippen LogP contribution in [0.3, 0.4) is 0 Å². The van der Waals surface area contributed by atoms with Crippen molar-refractivity contribution in [3.05, 3.63) is 30.1 Å². The molecule has 21 heavy (non-hydrogen) atoms.